The molecule has 1 amide bonds. The number of carbonyl (C=O) groups excluding carboxylic acids is 2. The molecule has 1 aliphatic heterocycles. The molecule has 3 aromatic carbocycles. The first-order valence-corrected chi connectivity index (χ1v) is 9.42. The van der Waals surface area contributed by atoms with Crippen LogP contribution in [0.2, 0.25) is 0 Å². The van der Waals surface area contributed by atoms with E-state index in [1.807, 2.05) is 48.3 Å². The molecule has 0 spiro atoms. The second kappa shape index (κ2) is 7.69. The molecule has 1 aliphatic rings. The first-order chi connectivity index (χ1) is 13.6. The highest BCUT2D eigenvalue weighted by molar-refractivity contribution is 6.15. The van der Waals surface area contributed by atoms with Crippen molar-refractivity contribution in [1.29, 1.82) is 0 Å². The predicted octanol–water partition coefficient (Wildman–Crippen LogP) is 4.01. The molecule has 4 nitrogen and oxygen atoms in total. The Morgan fingerprint density at radius 2 is 1.39 bits per heavy atom. The number of ketones is 1. The SMILES string of the molecule is CN1CCN(C(=O)c2ccccc2C(=O)c2ccccc2)Cc2ccccc21. The van der Waals surface area contributed by atoms with Gasteiger partial charge in [-0.3, -0.25) is 9.59 Å². The fraction of sp³-hybridized carbons (Fsp3) is 0.167. The summed E-state index contributed by atoms with van der Waals surface area (Å²) in [6, 6.07) is 24.3. The van der Waals surface area contributed by atoms with Crippen molar-refractivity contribution in [3.8, 4) is 0 Å². The highest BCUT2D eigenvalue weighted by atomic mass is 16.2. The number of carbonyl (C=O) groups is 2. The zero-order chi connectivity index (χ0) is 19.5. The minimum Gasteiger partial charge on any atom is -0.373 e. The van der Waals surface area contributed by atoms with E-state index in [0.717, 1.165) is 17.8 Å². The number of benzene rings is 3. The Bertz CT molecular complexity index is 1010. The van der Waals surface area contributed by atoms with Crippen LogP contribution in [0.25, 0.3) is 0 Å². The first kappa shape index (κ1) is 18.0. The number of anilines is 1. The van der Waals surface area contributed by atoms with Crippen LogP contribution >= 0.6 is 0 Å². The van der Waals surface area contributed by atoms with E-state index in [1.165, 1.54) is 0 Å². The number of likely N-dealkylation sites (N-methyl/N-ethyl adjacent to an activating group) is 1. The quantitative estimate of drug-likeness (QED) is 0.654. The molecule has 1 heterocycles. The zero-order valence-electron chi connectivity index (χ0n) is 15.8. The van der Waals surface area contributed by atoms with Gasteiger partial charge in [-0.05, 0) is 17.7 Å². The number of para-hydroxylation sites is 1. The van der Waals surface area contributed by atoms with E-state index in [-0.39, 0.29) is 11.7 Å². The summed E-state index contributed by atoms with van der Waals surface area (Å²) in [6.07, 6.45) is 0. The number of fused-ring (bicyclic) bond motifs is 1. The molecule has 0 unspecified atom stereocenters. The minimum absolute atomic E-state index is 0.106. The van der Waals surface area contributed by atoms with Crippen LogP contribution in [0.1, 0.15) is 31.8 Å². The maximum atomic E-state index is 13.4. The summed E-state index contributed by atoms with van der Waals surface area (Å²) in [5.74, 6) is -0.234. The van der Waals surface area contributed by atoms with Gasteiger partial charge >= 0.3 is 0 Å². The maximum absolute atomic E-state index is 13.4. The fourth-order valence-corrected chi connectivity index (χ4v) is 3.65. The van der Waals surface area contributed by atoms with E-state index < -0.39 is 0 Å². The molecule has 0 bridgehead atoms. The lowest BCUT2D eigenvalue weighted by Gasteiger charge is -2.22. The van der Waals surface area contributed by atoms with Crippen LogP contribution in [-0.4, -0.2) is 36.7 Å². The molecule has 0 aliphatic carbocycles. The third-order valence-corrected chi connectivity index (χ3v) is 5.19. The maximum Gasteiger partial charge on any atom is 0.254 e. The Kier molecular flexibility index (Phi) is 4.94. The highest BCUT2D eigenvalue weighted by Crippen LogP contribution is 2.25. The Labute approximate surface area is 165 Å². The van der Waals surface area contributed by atoms with E-state index in [0.29, 0.717) is 29.8 Å². The van der Waals surface area contributed by atoms with Gasteiger partial charge in [0.25, 0.3) is 5.91 Å². The average molecular weight is 370 g/mol. The normalized spacial score (nSPS) is 13.6. The van der Waals surface area contributed by atoms with Crippen LogP contribution in [0.5, 0.6) is 0 Å². The third kappa shape index (κ3) is 3.41. The second-order valence-corrected chi connectivity index (χ2v) is 7.02. The molecular weight excluding hydrogens is 348 g/mol. The number of nitrogens with zero attached hydrogens (tertiary/aromatic N) is 2. The molecule has 140 valence electrons. The lowest BCUT2D eigenvalue weighted by Crippen LogP contribution is -2.35. The fourth-order valence-electron chi connectivity index (χ4n) is 3.65. The molecule has 4 rings (SSSR count). The van der Waals surface area contributed by atoms with Crippen LogP contribution in [0.4, 0.5) is 5.69 Å². The van der Waals surface area contributed by atoms with Gasteiger partial charge in [-0.25, -0.2) is 0 Å². The summed E-state index contributed by atoms with van der Waals surface area (Å²) in [5.41, 5.74) is 3.75. The molecular formula is C24H22N2O2. The first-order valence-electron chi connectivity index (χ1n) is 9.42. The smallest absolute Gasteiger partial charge is 0.254 e. The van der Waals surface area contributed by atoms with E-state index in [4.69, 9.17) is 0 Å². The van der Waals surface area contributed by atoms with E-state index in [9.17, 15) is 9.59 Å². The third-order valence-electron chi connectivity index (χ3n) is 5.19. The van der Waals surface area contributed by atoms with Crippen LogP contribution in [-0.2, 0) is 6.54 Å². The summed E-state index contributed by atoms with van der Waals surface area (Å²) < 4.78 is 0. The molecule has 3 aromatic rings. The van der Waals surface area contributed by atoms with Crippen LogP contribution in [0, 0.1) is 0 Å². The number of amides is 1. The standard InChI is InChI=1S/C24H22N2O2/c1-25-15-16-26(17-19-11-5-8-14-22(19)25)24(28)21-13-7-6-12-20(21)23(27)18-9-3-2-4-10-18/h2-14H,15-17H2,1H3. The summed E-state index contributed by atoms with van der Waals surface area (Å²) in [6.45, 7) is 1.89. The van der Waals surface area contributed by atoms with E-state index in [2.05, 4.69) is 17.0 Å². The van der Waals surface area contributed by atoms with Gasteiger partial charge in [0.1, 0.15) is 0 Å². The lowest BCUT2D eigenvalue weighted by molar-refractivity contribution is 0.0747. The Morgan fingerprint density at radius 3 is 2.18 bits per heavy atom. The minimum atomic E-state index is -0.128. The molecule has 0 saturated heterocycles. The molecule has 0 saturated carbocycles. The van der Waals surface area contributed by atoms with Gasteiger partial charge in [0.15, 0.2) is 5.78 Å². The van der Waals surface area contributed by atoms with Crippen molar-refractivity contribution in [3.63, 3.8) is 0 Å². The van der Waals surface area contributed by atoms with Gasteiger partial charge in [-0.1, -0.05) is 66.7 Å². The summed E-state index contributed by atoms with van der Waals surface area (Å²) in [4.78, 5) is 30.4. The molecule has 4 heteroatoms. The van der Waals surface area contributed by atoms with Crippen LogP contribution < -0.4 is 4.90 Å². The molecule has 0 atom stereocenters. The molecule has 0 N–H and O–H groups in total. The highest BCUT2D eigenvalue weighted by Gasteiger charge is 2.25. The zero-order valence-corrected chi connectivity index (χ0v) is 15.8. The Morgan fingerprint density at radius 1 is 0.750 bits per heavy atom. The Hall–Kier alpha value is -3.40. The number of hydrogen-bond acceptors (Lipinski definition) is 3. The summed E-state index contributed by atoms with van der Waals surface area (Å²) in [5, 5.41) is 0. The van der Waals surface area contributed by atoms with Crippen molar-refractivity contribution in [1.82, 2.24) is 4.90 Å². The van der Waals surface area contributed by atoms with E-state index in [1.54, 1.807) is 30.3 Å². The molecule has 0 aromatic heterocycles. The Balaban J connectivity index is 1.67. The van der Waals surface area contributed by atoms with Gasteiger partial charge in [-0.2, -0.15) is 0 Å². The van der Waals surface area contributed by atoms with E-state index >= 15 is 0 Å². The van der Waals surface area contributed by atoms with Gasteiger partial charge < -0.3 is 9.80 Å². The van der Waals surface area contributed by atoms with Gasteiger partial charge in [-0.15, -0.1) is 0 Å². The van der Waals surface area contributed by atoms with Crippen LogP contribution in [0.15, 0.2) is 78.9 Å². The largest absolute Gasteiger partial charge is 0.373 e. The van der Waals surface area contributed by atoms with Gasteiger partial charge in [0.2, 0.25) is 0 Å². The van der Waals surface area contributed by atoms with Crippen molar-refractivity contribution < 1.29 is 9.59 Å². The number of hydrogen-bond donors (Lipinski definition) is 0. The van der Waals surface area contributed by atoms with Crippen molar-refractivity contribution >= 4 is 17.4 Å². The molecule has 0 fully saturated rings. The summed E-state index contributed by atoms with van der Waals surface area (Å²) >= 11 is 0. The molecule has 0 radical (unpaired) electrons. The number of rotatable bonds is 3. The van der Waals surface area contributed by atoms with Gasteiger partial charge in [0.05, 0.1) is 5.56 Å². The summed E-state index contributed by atoms with van der Waals surface area (Å²) in [7, 11) is 2.04. The van der Waals surface area contributed by atoms with Gasteiger partial charge in [0, 0.05) is 43.5 Å². The lowest BCUT2D eigenvalue weighted by atomic mass is 9.97. The topological polar surface area (TPSA) is 40.6 Å². The van der Waals surface area contributed by atoms with Crippen molar-refractivity contribution in [2.24, 2.45) is 0 Å². The van der Waals surface area contributed by atoms with Crippen LogP contribution in [0.3, 0.4) is 0 Å². The predicted molar refractivity (Wildman–Crippen MR) is 111 cm³/mol. The van der Waals surface area contributed by atoms with Crippen molar-refractivity contribution in [2.45, 2.75) is 6.54 Å². The monoisotopic (exact) mass is 370 g/mol. The second-order valence-electron chi connectivity index (χ2n) is 7.02. The van der Waals surface area contributed by atoms with Crippen molar-refractivity contribution in [3.05, 3.63) is 101 Å². The molecule has 28 heavy (non-hydrogen) atoms. The van der Waals surface area contributed by atoms with Crippen molar-refractivity contribution in [2.75, 3.05) is 25.0 Å². The average Bonchev–Trinajstić information content (AvgIpc) is 2.92.